The fraction of sp³-hybridized carbons (Fsp3) is 0.714. The Morgan fingerprint density at radius 3 is 2.70 bits per heavy atom. The first-order chi connectivity index (χ1) is 4.81. The Bertz CT molecular complexity index is 104. The minimum Gasteiger partial charge on any atom is -0.389 e. The molecule has 0 rings (SSSR count). The zero-order valence-electron chi connectivity index (χ0n) is 6.02. The van der Waals surface area contributed by atoms with Gasteiger partial charge in [-0.1, -0.05) is 6.08 Å². The number of hydrogen-bond acceptors (Lipinski definition) is 1. The van der Waals surface area contributed by atoms with E-state index in [2.05, 4.69) is 9.24 Å². The summed E-state index contributed by atoms with van der Waals surface area (Å²) in [6.45, 7) is -0.457. The van der Waals surface area contributed by atoms with Crippen LogP contribution in [0.25, 0.3) is 0 Å². The zero-order chi connectivity index (χ0) is 7.82. The molecule has 0 aliphatic carbocycles. The molecule has 60 valence electrons. The monoisotopic (exact) mass is 164 g/mol. The van der Waals surface area contributed by atoms with E-state index in [1.807, 2.05) is 0 Å². The highest BCUT2D eigenvalue weighted by Crippen LogP contribution is 2.03. The Labute approximate surface area is 63.5 Å². The SMILES string of the molecule is OC/C(F)=C\CCCCP. The Morgan fingerprint density at radius 1 is 1.50 bits per heavy atom. The van der Waals surface area contributed by atoms with Gasteiger partial charge in [-0.25, -0.2) is 4.39 Å². The maximum atomic E-state index is 12.2. The van der Waals surface area contributed by atoms with E-state index < -0.39 is 12.4 Å². The van der Waals surface area contributed by atoms with Crippen molar-refractivity contribution in [3.63, 3.8) is 0 Å². The maximum absolute atomic E-state index is 12.2. The van der Waals surface area contributed by atoms with Crippen LogP contribution in [-0.2, 0) is 0 Å². The summed E-state index contributed by atoms with van der Waals surface area (Å²) < 4.78 is 12.2. The normalized spacial score (nSPS) is 12.1. The molecule has 0 radical (unpaired) electrons. The summed E-state index contributed by atoms with van der Waals surface area (Å²) in [5.41, 5.74) is 0. The van der Waals surface area contributed by atoms with Gasteiger partial charge in [0.15, 0.2) is 0 Å². The molecule has 0 fully saturated rings. The van der Waals surface area contributed by atoms with Gasteiger partial charge in [0, 0.05) is 0 Å². The van der Waals surface area contributed by atoms with Crippen LogP contribution in [0, 0.1) is 0 Å². The van der Waals surface area contributed by atoms with Crippen LogP contribution in [0.1, 0.15) is 19.3 Å². The smallest absolute Gasteiger partial charge is 0.121 e. The van der Waals surface area contributed by atoms with E-state index in [1.165, 1.54) is 6.08 Å². The van der Waals surface area contributed by atoms with Gasteiger partial charge in [-0.2, -0.15) is 0 Å². The first-order valence-corrected chi connectivity index (χ1v) is 4.28. The van der Waals surface area contributed by atoms with E-state index in [-0.39, 0.29) is 0 Å². The molecule has 0 saturated heterocycles. The Kier molecular flexibility index (Phi) is 7.21. The number of rotatable bonds is 5. The minimum atomic E-state index is -0.457. The number of unbranched alkanes of at least 4 members (excludes halogenated alkanes) is 2. The Balaban J connectivity index is 3.16. The van der Waals surface area contributed by atoms with Crippen LogP contribution in [-0.4, -0.2) is 17.9 Å². The van der Waals surface area contributed by atoms with Crippen LogP contribution in [0.2, 0.25) is 0 Å². The molecular weight excluding hydrogens is 150 g/mol. The molecule has 10 heavy (non-hydrogen) atoms. The fourth-order valence-corrected chi connectivity index (χ4v) is 0.901. The molecule has 3 heteroatoms. The quantitative estimate of drug-likeness (QED) is 0.486. The minimum absolute atomic E-state index is 0.413. The first kappa shape index (κ1) is 10.1. The topological polar surface area (TPSA) is 20.2 Å². The average molecular weight is 164 g/mol. The van der Waals surface area contributed by atoms with Crippen molar-refractivity contribution in [1.82, 2.24) is 0 Å². The average Bonchev–Trinajstić information content (AvgIpc) is 1.98. The highest BCUT2D eigenvalue weighted by atomic mass is 31.0. The molecule has 1 N–H and O–H groups in total. The molecule has 1 nitrogen and oxygen atoms in total. The van der Waals surface area contributed by atoms with Gasteiger partial charge in [0.25, 0.3) is 0 Å². The van der Waals surface area contributed by atoms with Crippen molar-refractivity contribution in [2.75, 3.05) is 12.8 Å². The predicted octanol–water partition coefficient (Wildman–Crippen LogP) is 1.88. The standard InChI is InChI=1S/C7H14FOP/c8-7(6-9)4-2-1-3-5-10/h4,9H,1-3,5-6,10H2/b7-4+. The number of allylic oxidation sites excluding steroid dienone is 1. The van der Waals surface area contributed by atoms with Crippen LogP contribution < -0.4 is 0 Å². The second-order valence-electron chi connectivity index (χ2n) is 2.09. The van der Waals surface area contributed by atoms with E-state index in [1.54, 1.807) is 0 Å². The van der Waals surface area contributed by atoms with Gasteiger partial charge in [-0.15, -0.1) is 9.24 Å². The van der Waals surface area contributed by atoms with E-state index >= 15 is 0 Å². The maximum Gasteiger partial charge on any atom is 0.121 e. The van der Waals surface area contributed by atoms with Crippen LogP contribution in [0.15, 0.2) is 11.9 Å². The van der Waals surface area contributed by atoms with Crippen molar-refractivity contribution in [1.29, 1.82) is 0 Å². The van der Waals surface area contributed by atoms with Crippen LogP contribution in [0.3, 0.4) is 0 Å². The summed E-state index contributed by atoms with van der Waals surface area (Å²) >= 11 is 0. The summed E-state index contributed by atoms with van der Waals surface area (Å²) in [4.78, 5) is 0. The number of hydrogen-bond donors (Lipinski definition) is 1. The molecule has 1 atom stereocenters. The molecule has 0 aliphatic heterocycles. The number of aliphatic hydroxyl groups excluding tert-OH is 1. The largest absolute Gasteiger partial charge is 0.389 e. The van der Waals surface area contributed by atoms with Gasteiger partial charge < -0.3 is 5.11 Å². The number of halogens is 1. The molecule has 0 aromatic carbocycles. The third-order valence-corrected chi connectivity index (χ3v) is 1.58. The predicted molar refractivity (Wildman–Crippen MR) is 44.7 cm³/mol. The van der Waals surface area contributed by atoms with Gasteiger partial charge in [-0.3, -0.25) is 0 Å². The lowest BCUT2D eigenvalue weighted by Crippen LogP contribution is -1.82. The highest BCUT2D eigenvalue weighted by molar-refractivity contribution is 7.16. The molecule has 1 unspecified atom stereocenters. The van der Waals surface area contributed by atoms with E-state index in [0.717, 1.165) is 25.4 Å². The second-order valence-corrected chi connectivity index (χ2v) is 2.67. The van der Waals surface area contributed by atoms with Crippen molar-refractivity contribution in [2.45, 2.75) is 19.3 Å². The first-order valence-electron chi connectivity index (χ1n) is 3.46. The van der Waals surface area contributed by atoms with E-state index in [0.29, 0.717) is 0 Å². The number of aliphatic hydroxyl groups is 1. The molecule has 0 amide bonds. The Hall–Kier alpha value is 0.0600. The van der Waals surface area contributed by atoms with E-state index in [9.17, 15) is 4.39 Å². The van der Waals surface area contributed by atoms with Crippen LogP contribution in [0.4, 0.5) is 4.39 Å². The summed E-state index contributed by atoms with van der Waals surface area (Å²) in [5, 5.41) is 8.24. The van der Waals surface area contributed by atoms with Crippen molar-refractivity contribution in [2.24, 2.45) is 0 Å². The molecule has 0 heterocycles. The van der Waals surface area contributed by atoms with Crippen molar-refractivity contribution in [3.8, 4) is 0 Å². The molecule has 0 saturated carbocycles. The summed E-state index contributed by atoms with van der Waals surface area (Å²) in [7, 11) is 2.62. The lowest BCUT2D eigenvalue weighted by Gasteiger charge is -1.92. The molecule has 0 aromatic heterocycles. The lowest BCUT2D eigenvalue weighted by molar-refractivity contribution is 0.297. The molecule has 0 spiro atoms. The van der Waals surface area contributed by atoms with Gasteiger partial charge in [0.2, 0.25) is 0 Å². The van der Waals surface area contributed by atoms with E-state index in [4.69, 9.17) is 5.11 Å². The van der Waals surface area contributed by atoms with Gasteiger partial charge in [-0.05, 0) is 25.4 Å². The van der Waals surface area contributed by atoms with Gasteiger partial charge in [0.1, 0.15) is 5.83 Å². The zero-order valence-corrected chi connectivity index (χ0v) is 7.17. The van der Waals surface area contributed by atoms with Gasteiger partial charge >= 0.3 is 0 Å². The van der Waals surface area contributed by atoms with Crippen molar-refractivity contribution >= 4 is 9.24 Å². The lowest BCUT2D eigenvalue weighted by atomic mass is 10.2. The fourth-order valence-electron chi connectivity index (χ4n) is 0.612. The summed E-state index contributed by atoms with van der Waals surface area (Å²) in [5.74, 6) is -0.413. The molecular formula is C7H14FOP. The highest BCUT2D eigenvalue weighted by Gasteiger charge is 1.88. The summed E-state index contributed by atoms with van der Waals surface area (Å²) in [6, 6.07) is 0. The summed E-state index contributed by atoms with van der Waals surface area (Å²) in [6.07, 6.45) is 5.34. The molecule has 0 aliphatic rings. The molecule has 0 bridgehead atoms. The van der Waals surface area contributed by atoms with Gasteiger partial charge in [0.05, 0.1) is 6.61 Å². The Morgan fingerprint density at radius 2 is 2.20 bits per heavy atom. The van der Waals surface area contributed by atoms with Crippen LogP contribution >= 0.6 is 9.24 Å². The second kappa shape index (κ2) is 7.17. The van der Waals surface area contributed by atoms with Crippen molar-refractivity contribution < 1.29 is 9.50 Å². The van der Waals surface area contributed by atoms with Crippen molar-refractivity contribution in [3.05, 3.63) is 11.9 Å². The third kappa shape index (κ3) is 6.18. The third-order valence-electron chi connectivity index (χ3n) is 1.18. The van der Waals surface area contributed by atoms with Crippen LogP contribution in [0.5, 0.6) is 0 Å². The molecule has 0 aromatic rings.